The molecule has 2 aromatic carbocycles. The zero-order valence-electron chi connectivity index (χ0n) is 19.5. The number of fused-ring (bicyclic) bond motifs is 1. The Morgan fingerprint density at radius 3 is 2.30 bits per heavy atom. The van der Waals surface area contributed by atoms with Gasteiger partial charge in [-0.3, -0.25) is 0 Å². The van der Waals surface area contributed by atoms with E-state index in [0.29, 0.717) is 5.92 Å². The van der Waals surface area contributed by atoms with Crippen LogP contribution in [0, 0.1) is 24.7 Å². The summed E-state index contributed by atoms with van der Waals surface area (Å²) in [6, 6.07) is 13.3. The predicted molar refractivity (Wildman–Crippen MR) is 134 cm³/mol. The number of hydrogen-bond donors (Lipinski definition) is 0. The van der Waals surface area contributed by atoms with Crippen LogP contribution in [0.2, 0.25) is 0 Å². The zero-order valence-corrected chi connectivity index (χ0v) is 19.5. The molecule has 0 amide bonds. The largest absolute Gasteiger partial charge is 0.0999 e. The molecular formula is C30H40. The van der Waals surface area contributed by atoms with Crippen LogP contribution < -0.4 is 0 Å². The van der Waals surface area contributed by atoms with Gasteiger partial charge in [0.15, 0.2) is 0 Å². The summed E-state index contributed by atoms with van der Waals surface area (Å²) in [6.07, 6.45) is 9.89. The summed E-state index contributed by atoms with van der Waals surface area (Å²) in [5, 5.41) is 2.73. The van der Waals surface area contributed by atoms with E-state index in [1.807, 2.05) is 0 Å². The van der Waals surface area contributed by atoms with Crippen LogP contribution in [0.5, 0.6) is 0 Å². The minimum Gasteiger partial charge on any atom is -0.0999 e. The Morgan fingerprint density at radius 1 is 0.967 bits per heavy atom. The second-order valence-electron chi connectivity index (χ2n) is 9.88. The van der Waals surface area contributed by atoms with E-state index in [1.54, 1.807) is 0 Å². The highest BCUT2D eigenvalue weighted by atomic mass is 14.3. The maximum atomic E-state index is 4.45. The van der Waals surface area contributed by atoms with Gasteiger partial charge in [0.1, 0.15) is 0 Å². The molecule has 0 N–H and O–H groups in total. The molecule has 30 heavy (non-hydrogen) atoms. The van der Waals surface area contributed by atoms with Gasteiger partial charge in [-0.2, -0.15) is 0 Å². The van der Waals surface area contributed by atoms with E-state index < -0.39 is 0 Å². The van der Waals surface area contributed by atoms with Gasteiger partial charge in [-0.15, -0.1) is 0 Å². The molecule has 0 aromatic heterocycles. The molecule has 0 heteroatoms. The molecule has 0 bridgehead atoms. The lowest BCUT2D eigenvalue weighted by Gasteiger charge is -2.29. The Balaban J connectivity index is 1.48. The highest BCUT2D eigenvalue weighted by molar-refractivity contribution is 5.88. The average Bonchev–Trinajstić information content (AvgIpc) is 2.74. The van der Waals surface area contributed by atoms with Gasteiger partial charge in [-0.25, -0.2) is 0 Å². The van der Waals surface area contributed by atoms with Crippen molar-refractivity contribution in [2.24, 2.45) is 17.8 Å². The molecule has 1 saturated carbocycles. The van der Waals surface area contributed by atoms with Crippen molar-refractivity contribution in [1.82, 2.24) is 0 Å². The topological polar surface area (TPSA) is 0 Å². The summed E-state index contributed by atoms with van der Waals surface area (Å²) in [5.74, 6) is 2.16. The Bertz CT molecular complexity index is 905. The standard InChI is InChI=1S/C30H40/c1-21(2)27-17-14-26(15-18-27)13-11-23(4)25(6)19-22(3)20-28-16-12-24(5)29-9-7-8-10-30(28)29/h7-10,12,16,25-27H,1,3-4,11,13-15,17-20H2,2,5-6H3/t25-,26?,27?/m0/s1. The van der Waals surface area contributed by atoms with Gasteiger partial charge in [0.05, 0.1) is 0 Å². The molecular weight excluding hydrogens is 360 g/mol. The molecule has 3 rings (SSSR count). The first-order valence-corrected chi connectivity index (χ1v) is 11.8. The first-order valence-electron chi connectivity index (χ1n) is 11.8. The summed E-state index contributed by atoms with van der Waals surface area (Å²) in [4.78, 5) is 0. The van der Waals surface area contributed by atoms with Gasteiger partial charge in [0.2, 0.25) is 0 Å². The fourth-order valence-electron chi connectivity index (χ4n) is 5.16. The number of aryl methyl sites for hydroxylation is 1. The maximum absolute atomic E-state index is 4.45. The molecule has 1 atom stereocenters. The SMILES string of the molecule is C=C(Cc1ccc(C)c2ccccc12)C[C@H](C)C(=C)CCC1CCC(C(=C)C)CC1. The van der Waals surface area contributed by atoms with Crippen LogP contribution >= 0.6 is 0 Å². The first kappa shape index (κ1) is 22.6. The van der Waals surface area contributed by atoms with Gasteiger partial charge in [0.25, 0.3) is 0 Å². The van der Waals surface area contributed by atoms with E-state index in [1.165, 1.54) is 77.1 Å². The van der Waals surface area contributed by atoms with Crippen molar-refractivity contribution in [3.05, 3.63) is 84.0 Å². The van der Waals surface area contributed by atoms with E-state index in [9.17, 15) is 0 Å². The molecule has 0 nitrogen and oxygen atoms in total. The van der Waals surface area contributed by atoms with Crippen LogP contribution in [0.25, 0.3) is 10.8 Å². The first-order chi connectivity index (χ1) is 14.3. The van der Waals surface area contributed by atoms with Crippen molar-refractivity contribution >= 4 is 10.8 Å². The van der Waals surface area contributed by atoms with Crippen molar-refractivity contribution in [3.8, 4) is 0 Å². The molecule has 0 spiro atoms. The van der Waals surface area contributed by atoms with Crippen molar-refractivity contribution < 1.29 is 0 Å². The van der Waals surface area contributed by atoms with Crippen LogP contribution in [-0.2, 0) is 6.42 Å². The quantitative estimate of drug-likeness (QED) is 0.368. The van der Waals surface area contributed by atoms with Gasteiger partial charge in [0, 0.05) is 0 Å². The molecule has 1 aliphatic carbocycles. The molecule has 160 valence electrons. The van der Waals surface area contributed by atoms with Crippen LogP contribution in [0.15, 0.2) is 72.9 Å². The third-order valence-corrected chi connectivity index (χ3v) is 7.38. The Morgan fingerprint density at radius 2 is 1.63 bits per heavy atom. The fourth-order valence-corrected chi connectivity index (χ4v) is 5.16. The summed E-state index contributed by atoms with van der Waals surface area (Å²) in [5.41, 5.74) is 6.85. The second-order valence-corrected chi connectivity index (χ2v) is 9.88. The molecule has 0 unspecified atom stereocenters. The second kappa shape index (κ2) is 10.3. The maximum Gasteiger partial charge on any atom is -0.00634 e. The average molecular weight is 401 g/mol. The van der Waals surface area contributed by atoms with Crippen molar-refractivity contribution in [3.63, 3.8) is 0 Å². The van der Waals surface area contributed by atoms with Gasteiger partial charge in [-0.1, -0.05) is 79.8 Å². The number of benzene rings is 2. The Kier molecular flexibility index (Phi) is 7.75. The minimum absolute atomic E-state index is 0.515. The van der Waals surface area contributed by atoms with E-state index in [-0.39, 0.29) is 0 Å². The minimum atomic E-state index is 0.515. The lowest BCUT2D eigenvalue weighted by Crippen LogP contribution is -2.15. The van der Waals surface area contributed by atoms with Crippen molar-refractivity contribution in [1.29, 1.82) is 0 Å². The Labute approximate surface area is 184 Å². The molecule has 0 radical (unpaired) electrons. The van der Waals surface area contributed by atoms with Crippen molar-refractivity contribution in [2.45, 2.75) is 72.1 Å². The van der Waals surface area contributed by atoms with Gasteiger partial charge in [-0.05, 0) is 105 Å². The predicted octanol–water partition coefficient (Wildman–Crippen LogP) is 8.99. The number of hydrogen-bond acceptors (Lipinski definition) is 0. The fraction of sp³-hybridized carbons (Fsp3) is 0.467. The molecule has 0 aliphatic heterocycles. The third kappa shape index (κ3) is 5.75. The summed E-state index contributed by atoms with van der Waals surface area (Å²) in [7, 11) is 0. The highest BCUT2D eigenvalue weighted by Crippen LogP contribution is 2.36. The summed E-state index contributed by atoms with van der Waals surface area (Å²) in [6.45, 7) is 19.8. The van der Waals surface area contributed by atoms with Crippen LogP contribution in [0.1, 0.15) is 69.9 Å². The lowest BCUT2D eigenvalue weighted by molar-refractivity contribution is 0.286. The normalized spacial score (nSPS) is 20.1. The smallest absolute Gasteiger partial charge is 0.00634 e. The lowest BCUT2D eigenvalue weighted by atomic mass is 9.76. The number of allylic oxidation sites excluding steroid dienone is 3. The number of rotatable bonds is 9. The van der Waals surface area contributed by atoms with E-state index >= 15 is 0 Å². The zero-order chi connectivity index (χ0) is 21.7. The van der Waals surface area contributed by atoms with Crippen LogP contribution in [0.3, 0.4) is 0 Å². The molecule has 2 aromatic rings. The van der Waals surface area contributed by atoms with Gasteiger partial charge >= 0.3 is 0 Å². The molecule has 1 fully saturated rings. The molecule has 0 heterocycles. The molecule has 1 aliphatic rings. The van der Waals surface area contributed by atoms with E-state index in [0.717, 1.165) is 24.7 Å². The third-order valence-electron chi connectivity index (χ3n) is 7.38. The van der Waals surface area contributed by atoms with Gasteiger partial charge < -0.3 is 0 Å². The molecule has 0 saturated heterocycles. The van der Waals surface area contributed by atoms with Crippen LogP contribution in [0.4, 0.5) is 0 Å². The Hall–Kier alpha value is -2.08. The van der Waals surface area contributed by atoms with Crippen LogP contribution in [-0.4, -0.2) is 0 Å². The van der Waals surface area contributed by atoms with E-state index in [4.69, 9.17) is 0 Å². The monoisotopic (exact) mass is 400 g/mol. The van der Waals surface area contributed by atoms with Crippen molar-refractivity contribution in [2.75, 3.05) is 0 Å². The van der Waals surface area contributed by atoms with E-state index in [2.05, 4.69) is 76.9 Å². The highest BCUT2D eigenvalue weighted by Gasteiger charge is 2.22. The summed E-state index contributed by atoms with van der Waals surface area (Å²) >= 11 is 0. The summed E-state index contributed by atoms with van der Waals surface area (Å²) < 4.78 is 0.